The summed E-state index contributed by atoms with van der Waals surface area (Å²) in [6.45, 7) is -0.739. The molecule has 66 valence electrons. The van der Waals surface area contributed by atoms with E-state index in [1.54, 1.807) is 0 Å². The van der Waals surface area contributed by atoms with Gasteiger partial charge in [0, 0.05) is 0 Å². The zero-order chi connectivity index (χ0) is 9.30. The first-order valence-electron chi connectivity index (χ1n) is 3.16. The van der Waals surface area contributed by atoms with Gasteiger partial charge in [-0.2, -0.15) is 0 Å². The summed E-state index contributed by atoms with van der Waals surface area (Å²) in [5, 5.41) is 17.2. The van der Waals surface area contributed by atoms with Gasteiger partial charge >= 0.3 is 11.8 Å². The van der Waals surface area contributed by atoms with E-state index >= 15 is 0 Å². The van der Waals surface area contributed by atoms with Crippen LogP contribution in [-0.2, 0) is 19.1 Å². The highest BCUT2D eigenvalue weighted by Gasteiger charge is 2.45. The number of aliphatic hydroxyl groups is 2. The van der Waals surface area contributed by atoms with E-state index in [0.717, 1.165) is 0 Å². The fourth-order valence-electron chi connectivity index (χ4n) is 0.801. The first kappa shape index (κ1) is 8.82. The number of hydrogen-bond donors (Lipinski definition) is 2. The maximum atomic E-state index is 10.7. The van der Waals surface area contributed by atoms with Gasteiger partial charge in [-0.05, 0) is 0 Å². The van der Waals surface area contributed by atoms with Crippen molar-refractivity contribution < 1.29 is 29.3 Å². The molecule has 0 amide bonds. The Hall–Kier alpha value is -1.27. The van der Waals surface area contributed by atoms with Gasteiger partial charge in [0.1, 0.15) is 6.10 Å². The van der Waals surface area contributed by atoms with Crippen LogP contribution in [0.25, 0.3) is 0 Å². The van der Waals surface area contributed by atoms with Crippen molar-refractivity contribution in [1.82, 2.24) is 0 Å². The average molecular weight is 175 g/mol. The molecular weight excluding hydrogens is 169 g/mol. The zero-order valence-electron chi connectivity index (χ0n) is 5.89. The number of aliphatic hydroxyl groups excluding tert-OH is 2. The van der Waals surface area contributed by atoms with E-state index in [2.05, 4.69) is 4.74 Å². The van der Waals surface area contributed by atoms with Gasteiger partial charge in [-0.1, -0.05) is 0 Å². The van der Waals surface area contributed by atoms with Crippen molar-refractivity contribution in [3.63, 3.8) is 0 Å². The molecule has 0 saturated carbocycles. The maximum Gasteiger partial charge on any atom is 0.383 e. The number of ketones is 2. The lowest BCUT2D eigenvalue weighted by atomic mass is 10.1. The van der Waals surface area contributed by atoms with E-state index in [4.69, 9.17) is 10.2 Å². The minimum atomic E-state index is -1.53. The first-order chi connectivity index (χ1) is 5.57. The molecule has 0 aromatic rings. The van der Waals surface area contributed by atoms with Gasteiger partial charge < -0.3 is 14.9 Å². The van der Waals surface area contributed by atoms with Crippen molar-refractivity contribution in [3.8, 4) is 0 Å². The number of Topliss-reactive ketones (excluding diaryl/α,β-unsaturated/α-hetero) is 2. The average Bonchev–Trinajstić information content (AvgIpc) is 2.32. The van der Waals surface area contributed by atoms with Crippen LogP contribution >= 0.6 is 0 Å². The van der Waals surface area contributed by atoms with Crippen LogP contribution in [-0.4, -0.2) is 46.6 Å². The Balaban J connectivity index is 2.78. The van der Waals surface area contributed by atoms with E-state index in [1.807, 2.05) is 0 Å². The number of carbonyl (C=O) groups excluding carboxylic acids is 3. The van der Waals surface area contributed by atoms with Crippen molar-refractivity contribution >= 4 is 17.5 Å². The molecule has 1 saturated heterocycles. The normalized spacial score (nSPS) is 25.8. The Bertz CT molecular complexity index is 244. The lowest BCUT2D eigenvalue weighted by molar-refractivity contribution is -0.152. The van der Waals surface area contributed by atoms with Gasteiger partial charge in [-0.15, -0.1) is 0 Å². The number of ether oxygens (including phenoxy) is 1. The third-order valence-electron chi connectivity index (χ3n) is 1.44. The van der Waals surface area contributed by atoms with Crippen molar-refractivity contribution in [3.05, 3.63) is 0 Å². The van der Waals surface area contributed by atoms with E-state index in [1.165, 1.54) is 0 Å². The minimum Gasteiger partial charge on any atom is -0.445 e. The quantitative estimate of drug-likeness (QED) is 0.271. The lowest BCUT2D eigenvalue weighted by Crippen LogP contribution is -2.35. The number of hydrogen-bond acceptors (Lipinski definition) is 6. The molecule has 2 atom stereocenters. The summed E-state index contributed by atoms with van der Waals surface area (Å²) in [4.78, 5) is 31.7. The molecule has 12 heavy (non-hydrogen) atoms. The molecule has 6 heteroatoms. The largest absolute Gasteiger partial charge is 0.445 e. The van der Waals surface area contributed by atoms with Crippen LogP contribution in [0.3, 0.4) is 0 Å². The van der Waals surface area contributed by atoms with Crippen LogP contribution in [0.15, 0.2) is 0 Å². The summed E-state index contributed by atoms with van der Waals surface area (Å²) in [5.74, 6) is -3.67. The van der Waals surface area contributed by atoms with Gasteiger partial charge in [0.15, 0.2) is 6.10 Å². The van der Waals surface area contributed by atoms with E-state index in [-0.39, 0.29) is 0 Å². The fourth-order valence-corrected chi connectivity index (χ4v) is 0.801. The molecule has 0 unspecified atom stereocenters. The summed E-state index contributed by atoms with van der Waals surface area (Å²) in [5.41, 5.74) is 0. The standard InChI is InChI=1S/C6H6O6/c7-1-2(8)5-3(9)4(10)6(11)12-5/h2,5,7-8H,1H2/t2-,5+/m0/s1/i6+1. The van der Waals surface area contributed by atoms with Gasteiger partial charge in [0.2, 0.25) is 0 Å². The maximum absolute atomic E-state index is 10.7. The summed E-state index contributed by atoms with van der Waals surface area (Å²) >= 11 is 0. The fraction of sp³-hybridized carbons (Fsp3) is 0.500. The monoisotopic (exact) mass is 175 g/mol. The molecule has 1 fully saturated rings. The molecule has 0 aromatic heterocycles. The number of cyclic esters (lactones) is 1. The van der Waals surface area contributed by atoms with Gasteiger partial charge in [-0.25, -0.2) is 4.79 Å². The molecule has 2 N–H and O–H groups in total. The van der Waals surface area contributed by atoms with Crippen molar-refractivity contribution in [1.29, 1.82) is 0 Å². The Morgan fingerprint density at radius 1 is 1.42 bits per heavy atom. The molecule has 1 aliphatic rings. The van der Waals surface area contributed by atoms with Gasteiger partial charge in [0.05, 0.1) is 6.61 Å². The first-order valence-corrected chi connectivity index (χ1v) is 3.16. The second-order valence-corrected chi connectivity index (χ2v) is 2.27. The molecule has 1 rings (SSSR count). The molecule has 0 spiro atoms. The van der Waals surface area contributed by atoms with Crippen molar-refractivity contribution in [2.75, 3.05) is 6.61 Å². The molecule has 6 nitrogen and oxygen atoms in total. The molecular formula is C6H6O6. The van der Waals surface area contributed by atoms with Gasteiger partial charge in [-0.3, -0.25) is 9.59 Å². The van der Waals surface area contributed by atoms with E-state index in [0.29, 0.717) is 0 Å². The third kappa shape index (κ3) is 1.21. The molecule has 1 aliphatic heterocycles. The smallest absolute Gasteiger partial charge is 0.383 e. The van der Waals surface area contributed by atoms with E-state index in [9.17, 15) is 14.4 Å². The molecule has 0 aromatic carbocycles. The second kappa shape index (κ2) is 3.00. The molecule has 0 radical (unpaired) electrons. The number of rotatable bonds is 2. The topological polar surface area (TPSA) is 101 Å². The van der Waals surface area contributed by atoms with Crippen LogP contribution in [0, 0.1) is 0 Å². The highest BCUT2D eigenvalue weighted by molar-refractivity contribution is 6.65. The highest BCUT2D eigenvalue weighted by atomic mass is 16.7. The Morgan fingerprint density at radius 3 is 2.33 bits per heavy atom. The summed E-state index contributed by atoms with van der Waals surface area (Å²) in [6, 6.07) is 0. The lowest BCUT2D eigenvalue weighted by Gasteiger charge is -2.10. The van der Waals surface area contributed by atoms with Gasteiger partial charge in [0.25, 0.3) is 5.78 Å². The van der Waals surface area contributed by atoms with Crippen LogP contribution < -0.4 is 0 Å². The van der Waals surface area contributed by atoms with Crippen LogP contribution in [0.5, 0.6) is 0 Å². The Kier molecular flexibility index (Phi) is 2.20. The second-order valence-electron chi connectivity index (χ2n) is 2.27. The van der Waals surface area contributed by atoms with Crippen LogP contribution in [0.2, 0.25) is 0 Å². The summed E-state index contributed by atoms with van der Waals surface area (Å²) < 4.78 is 4.19. The molecule has 0 bridgehead atoms. The van der Waals surface area contributed by atoms with Crippen molar-refractivity contribution in [2.24, 2.45) is 0 Å². The predicted molar refractivity (Wildman–Crippen MR) is 33.0 cm³/mol. The molecule has 0 aliphatic carbocycles. The van der Waals surface area contributed by atoms with Crippen LogP contribution in [0.4, 0.5) is 0 Å². The highest BCUT2D eigenvalue weighted by Crippen LogP contribution is 2.10. The Morgan fingerprint density at radius 2 is 2.00 bits per heavy atom. The third-order valence-corrected chi connectivity index (χ3v) is 1.44. The van der Waals surface area contributed by atoms with Crippen molar-refractivity contribution in [2.45, 2.75) is 12.2 Å². The SMILES string of the molecule is O=C1C(=O)[13C](=O)O[C@@H]1[C@@H](O)CO. The number of carbonyl (C=O) groups is 3. The summed E-state index contributed by atoms with van der Waals surface area (Å²) in [6.07, 6.45) is -3.05. The van der Waals surface area contributed by atoms with E-state index < -0.39 is 36.4 Å². The predicted octanol–water partition coefficient (Wildman–Crippen LogP) is -2.60. The zero-order valence-corrected chi connectivity index (χ0v) is 5.89. The Labute approximate surface area is 66.7 Å². The minimum absolute atomic E-state index is 0.739. The summed E-state index contributed by atoms with van der Waals surface area (Å²) in [7, 11) is 0. The van der Waals surface area contributed by atoms with Crippen LogP contribution in [0.1, 0.15) is 0 Å². The molecule has 1 heterocycles. The number of esters is 1.